The minimum atomic E-state index is -1.00. The molecule has 0 spiro atoms. The van der Waals surface area contributed by atoms with Crippen molar-refractivity contribution in [1.82, 2.24) is 0 Å². The third-order valence-corrected chi connectivity index (χ3v) is 1.84. The fraction of sp³-hybridized carbons (Fsp3) is 0.300. The summed E-state index contributed by atoms with van der Waals surface area (Å²) in [5, 5.41) is 8.65. The Balaban J connectivity index is 3.16. The number of benzene rings is 1. The van der Waals surface area contributed by atoms with E-state index in [0.717, 1.165) is 5.56 Å². The SMILES string of the molecule is Cc1ccc(C(C)F)cc1C#N. The zero-order chi connectivity index (χ0) is 9.14. The number of halogens is 1. The van der Waals surface area contributed by atoms with Gasteiger partial charge in [-0.2, -0.15) is 5.26 Å². The van der Waals surface area contributed by atoms with Crippen molar-refractivity contribution in [2.45, 2.75) is 20.0 Å². The lowest BCUT2D eigenvalue weighted by atomic mass is 10.0. The lowest BCUT2D eigenvalue weighted by Crippen LogP contribution is -1.89. The molecule has 0 aliphatic heterocycles. The van der Waals surface area contributed by atoms with Crippen LogP contribution < -0.4 is 0 Å². The Morgan fingerprint density at radius 3 is 2.67 bits per heavy atom. The highest BCUT2D eigenvalue weighted by atomic mass is 19.1. The Morgan fingerprint density at radius 2 is 2.17 bits per heavy atom. The van der Waals surface area contributed by atoms with Crippen LogP contribution in [0, 0.1) is 18.3 Å². The van der Waals surface area contributed by atoms with Crippen LogP contribution in [0.2, 0.25) is 0 Å². The van der Waals surface area contributed by atoms with Crippen LogP contribution in [-0.4, -0.2) is 0 Å². The number of rotatable bonds is 1. The third-order valence-electron chi connectivity index (χ3n) is 1.84. The quantitative estimate of drug-likeness (QED) is 0.624. The molecule has 0 saturated heterocycles. The largest absolute Gasteiger partial charge is 0.243 e. The van der Waals surface area contributed by atoms with Gasteiger partial charge in [0.25, 0.3) is 0 Å². The standard InChI is InChI=1S/C10H10FN/c1-7-3-4-9(8(2)11)5-10(7)6-12/h3-5,8H,1-2H3. The fourth-order valence-corrected chi connectivity index (χ4v) is 1.01. The van der Waals surface area contributed by atoms with Gasteiger partial charge in [-0.05, 0) is 31.0 Å². The second-order valence-electron chi connectivity index (χ2n) is 2.80. The smallest absolute Gasteiger partial charge is 0.122 e. The Morgan fingerprint density at radius 1 is 1.50 bits per heavy atom. The van der Waals surface area contributed by atoms with E-state index in [4.69, 9.17) is 5.26 Å². The van der Waals surface area contributed by atoms with E-state index in [2.05, 4.69) is 0 Å². The first kappa shape index (κ1) is 8.73. The molecule has 0 amide bonds. The van der Waals surface area contributed by atoms with Crippen LogP contribution in [-0.2, 0) is 0 Å². The van der Waals surface area contributed by atoms with Crippen LogP contribution in [0.3, 0.4) is 0 Å². The van der Waals surface area contributed by atoms with Crippen LogP contribution >= 0.6 is 0 Å². The van der Waals surface area contributed by atoms with Gasteiger partial charge in [0.2, 0.25) is 0 Å². The third kappa shape index (κ3) is 1.62. The predicted molar refractivity (Wildman–Crippen MR) is 45.4 cm³/mol. The van der Waals surface area contributed by atoms with Crippen molar-refractivity contribution in [3.63, 3.8) is 0 Å². The van der Waals surface area contributed by atoms with Crippen LogP contribution in [0.15, 0.2) is 18.2 Å². The second-order valence-corrected chi connectivity index (χ2v) is 2.80. The summed E-state index contributed by atoms with van der Waals surface area (Å²) >= 11 is 0. The van der Waals surface area contributed by atoms with Crippen LogP contribution in [0.4, 0.5) is 4.39 Å². The normalized spacial score (nSPS) is 12.2. The molecule has 0 radical (unpaired) electrons. The Bertz CT molecular complexity index is 323. The molecule has 1 unspecified atom stereocenters. The molecule has 0 aliphatic rings. The summed E-state index contributed by atoms with van der Waals surface area (Å²) in [5.74, 6) is 0. The van der Waals surface area contributed by atoms with Gasteiger partial charge in [0.05, 0.1) is 11.6 Å². The predicted octanol–water partition coefficient (Wildman–Crippen LogP) is 2.90. The molecule has 0 fully saturated rings. The first-order valence-corrected chi connectivity index (χ1v) is 3.80. The zero-order valence-corrected chi connectivity index (χ0v) is 7.13. The first-order valence-electron chi connectivity index (χ1n) is 3.80. The molecule has 0 aromatic heterocycles. The summed E-state index contributed by atoms with van der Waals surface area (Å²) in [4.78, 5) is 0. The number of hydrogen-bond acceptors (Lipinski definition) is 1. The van der Waals surface area contributed by atoms with E-state index in [9.17, 15) is 4.39 Å². The highest BCUT2D eigenvalue weighted by Crippen LogP contribution is 2.19. The topological polar surface area (TPSA) is 23.8 Å². The van der Waals surface area contributed by atoms with Gasteiger partial charge >= 0.3 is 0 Å². The van der Waals surface area contributed by atoms with Crippen molar-refractivity contribution in [1.29, 1.82) is 5.26 Å². The van der Waals surface area contributed by atoms with Crippen molar-refractivity contribution in [3.8, 4) is 6.07 Å². The second kappa shape index (κ2) is 3.36. The molecular weight excluding hydrogens is 153 g/mol. The van der Waals surface area contributed by atoms with E-state index in [1.54, 1.807) is 18.2 Å². The summed E-state index contributed by atoms with van der Waals surface area (Å²) in [7, 11) is 0. The lowest BCUT2D eigenvalue weighted by Gasteiger charge is -2.03. The minimum absolute atomic E-state index is 0.553. The molecule has 1 atom stereocenters. The number of aryl methyl sites for hydroxylation is 1. The molecule has 1 rings (SSSR count). The summed E-state index contributed by atoms with van der Waals surface area (Å²) in [6.45, 7) is 3.30. The van der Waals surface area contributed by atoms with E-state index >= 15 is 0 Å². The Labute approximate surface area is 71.4 Å². The van der Waals surface area contributed by atoms with E-state index in [1.807, 2.05) is 13.0 Å². The van der Waals surface area contributed by atoms with Crippen molar-refractivity contribution in [2.75, 3.05) is 0 Å². The molecule has 2 heteroatoms. The maximum Gasteiger partial charge on any atom is 0.122 e. The van der Waals surface area contributed by atoms with Gasteiger partial charge in [-0.3, -0.25) is 0 Å². The minimum Gasteiger partial charge on any atom is -0.243 e. The number of alkyl halides is 1. The van der Waals surface area contributed by atoms with Gasteiger partial charge in [-0.1, -0.05) is 12.1 Å². The summed E-state index contributed by atoms with van der Waals surface area (Å²) in [5.41, 5.74) is 2.01. The molecule has 0 aliphatic carbocycles. The highest BCUT2D eigenvalue weighted by molar-refractivity contribution is 5.40. The average molecular weight is 163 g/mol. The number of nitrogens with zero attached hydrogens (tertiary/aromatic N) is 1. The highest BCUT2D eigenvalue weighted by Gasteiger charge is 2.04. The average Bonchev–Trinajstić information content (AvgIpc) is 2.05. The maximum absolute atomic E-state index is 12.8. The van der Waals surface area contributed by atoms with Crippen LogP contribution in [0.1, 0.15) is 29.8 Å². The van der Waals surface area contributed by atoms with Gasteiger partial charge in [0.15, 0.2) is 0 Å². The maximum atomic E-state index is 12.8. The molecule has 1 nitrogen and oxygen atoms in total. The van der Waals surface area contributed by atoms with E-state index in [1.165, 1.54) is 6.92 Å². The van der Waals surface area contributed by atoms with Crippen molar-refractivity contribution in [2.24, 2.45) is 0 Å². The van der Waals surface area contributed by atoms with Crippen LogP contribution in [0.5, 0.6) is 0 Å². The molecule has 0 N–H and O–H groups in total. The molecule has 0 saturated carbocycles. The Kier molecular flexibility index (Phi) is 2.44. The van der Waals surface area contributed by atoms with E-state index in [-0.39, 0.29) is 0 Å². The van der Waals surface area contributed by atoms with Crippen LogP contribution in [0.25, 0.3) is 0 Å². The summed E-state index contributed by atoms with van der Waals surface area (Å²) in [6.07, 6.45) is -1.00. The van der Waals surface area contributed by atoms with Gasteiger partial charge in [-0.15, -0.1) is 0 Å². The summed E-state index contributed by atoms with van der Waals surface area (Å²) < 4.78 is 12.8. The Hall–Kier alpha value is -1.36. The van der Waals surface area contributed by atoms with Gasteiger partial charge < -0.3 is 0 Å². The molecule has 0 heterocycles. The zero-order valence-electron chi connectivity index (χ0n) is 7.13. The first-order chi connectivity index (χ1) is 5.65. The molecule has 1 aromatic carbocycles. The van der Waals surface area contributed by atoms with Crippen molar-refractivity contribution >= 4 is 0 Å². The molecule has 0 bridgehead atoms. The fourth-order valence-electron chi connectivity index (χ4n) is 1.01. The summed E-state index contributed by atoms with van der Waals surface area (Å²) in [6, 6.07) is 7.10. The van der Waals surface area contributed by atoms with E-state index < -0.39 is 6.17 Å². The molecule has 62 valence electrons. The van der Waals surface area contributed by atoms with Gasteiger partial charge in [0.1, 0.15) is 6.17 Å². The van der Waals surface area contributed by atoms with Crippen molar-refractivity contribution in [3.05, 3.63) is 34.9 Å². The number of hydrogen-bond donors (Lipinski definition) is 0. The lowest BCUT2D eigenvalue weighted by molar-refractivity contribution is 0.374. The number of nitriles is 1. The monoisotopic (exact) mass is 163 g/mol. The van der Waals surface area contributed by atoms with E-state index in [0.29, 0.717) is 11.1 Å². The van der Waals surface area contributed by atoms with Gasteiger partial charge in [-0.25, -0.2) is 4.39 Å². The molecular formula is C10H10FN. The molecule has 12 heavy (non-hydrogen) atoms. The van der Waals surface area contributed by atoms with Crippen molar-refractivity contribution < 1.29 is 4.39 Å². The molecule has 1 aromatic rings. The van der Waals surface area contributed by atoms with Gasteiger partial charge in [0, 0.05) is 0 Å².